The summed E-state index contributed by atoms with van der Waals surface area (Å²) in [5.74, 6) is 0. The van der Waals surface area contributed by atoms with Gasteiger partial charge in [0.05, 0.1) is 36.2 Å². The van der Waals surface area contributed by atoms with Gasteiger partial charge >= 0.3 is 0 Å². The molecule has 0 unspecified atom stereocenters. The normalized spacial score (nSPS) is 17.6. The molecule has 0 amide bonds. The molecule has 0 spiro atoms. The first-order valence-electron chi connectivity index (χ1n) is 10.2. The SMILES string of the molecule is O=S(=O)(c1ccc([S-])c([S-])c1)N1CCOCC1.O=S(=O)(c1ccc([S-])c([S-])c1)N1CCOCC1.[Ni]. The summed E-state index contributed by atoms with van der Waals surface area (Å²) >= 11 is 19.9. The van der Waals surface area contributed by atoms with Gasteiger partial charge < -0.3 is 60.0 Å². The minimum Gasteiger partial charge on any atom is -0.781 e. The summed E-state index contributed by atoms with van der Waals surface area (Å²) in [6, 6.07) is 9.02. The zero-order valence-electron chi connectivity index (χ0n) is 18.2. The van der Waals surface area contributed by atoms with Crippen LogP contribution in [0.5, 0.6) is 0 Å². The van der Waals surface area contributed by atoms with E-state index in [0.717, 1.165) is 0 Å². The van der Waals surface area contributed by atoms with Crippen molar-refractivity contribution >= 4 is 70.6 Å². The smallest absolute Gasteiger partial charge is 0.243 e. The van der Waals surface area contributed by atoms with E-state index in [-0.39, 0.29) is 26.3 Å². The third-order valence-electron chi connectivity index (χ3n) is 5.05. The zero-order chi connectivity index (χ0) is 24.9. The second-order valence-corrected chi connectivity index (χ2v) is 12.9. The molecule has 35 heavy (non-hydrogen) atoms. The fourth-order valence-corrected chi connectivity index (χ4v) is 6.83. The molecule has 2 aromatic rings. The Morgan fingerprint density at radius 3 is 1.17 bits per heavy atom. The van der Waals surface area contributed by atoms with E-state index < -0.39 is 20.0 Å². The summed E-state index contributed by atoms with van der Waals surface area (Å²) in [6.07, 6.45) is 0. The Hall–Kier alpha value is -0.446. The Labute approximate surface area is 238 Å². The maximum absolute atomic E-state index is 12.2. The third-order valence-corrected chi connectivity index (χ3v) is 10.5. The monoisotopic (exact) mass is 636 g/mol. The van der Waals surface area contributed by atoms with E-state index in [4.69, 9.17) is 60.0 Å². The van der Waals surface area contributed by atoms with E-state index in [1.807, 2.05) is 0 Å². The number of ether oxygens (including phenoxy) is 2. The summed E-state index contributed by atoms with van der Waals surface area (Å²) < 4.78 is 62.0. The standard InChI is InChI=1S/2C10H13NO3S3.Ni/c2*12-17(13,11-3-5-14-6-4-11)8-1-2-9(15)10(16)7-8;/h2*1-2,7,15-16H,3-6H2;/p-4. The minimum absolute atomic E-state index is 0. The molecule has 2 aromatic carbocycles. The molecule has 0 bridgehead atoms. The summed E-state index contributed by atoms with van der Waals surface area (Å²) in [7, 11) is -6.92. The molecule has 2 saturated heterocycles. The fraction of sp³-hybridized carbons (Fsp3) is 0.400. The van der Waals surface area contributed by atoms with Crippen LogP contribution >= 0.6 is 0 Å². The van der Waals surface area contributed by atoms with Crippen molar-refractivity contribution in [3.63, 3.8) is 0 Å². The Balaban J connectivity index is 0.000000240. The Morgan fingerprint density at radius 1 is 0.571 bits per heavy atom. The molecular weight excluding hydrogens is 615 g/mol. The van der Waals surface area contributed by atoms with Gasteiger partial charge in [-0.15, -0.1) is 0 Å². The Kier molecular flexibility index (Phi) is 11.8. The second-order valence-electron chi connectivity index (χ2n) is 7.25. The van der Waals surface area contributed by atoms with Gasteiger partial charge in [-0.05, 0) is 12.1 Å². The van der Waals surface area contributed by atoms with E-state index in [1.165, 1.54) is 32.9 Å². The van der Waals surface area contributed by atoms with E-state index >= 15 is 0 Å². The van der Waals surface area contributed by atoms with Crippen molar-refractivity contribution in [3.05, 3.63) is 36.4 Å². The van der Waals surface area contributed by atoms with E-state index in [9.17, 15) is 16.8 Å². The molecule has 0 saturated carbocycles. The molecular formula is C20H22N2NiO6S6-4. The number of nitrogens with zero attached hydrogens (tertiary/aromatic N) is 2. The van der Waals surface area contributed by atoms with Gasteiger partial charge in [0, 0.05) is 42.7 Å². The maximum Gasteiger partial charge on any atom is 0.243 e. The van der Waals surface area contributed by atoms with Gasteiger partial charge in [0.15, 0.2) is 0 Å². The fourth-order valence-electron chi connectivity index (χ4n) is 3.17. The summed E-state index contributed by atoms with van der Waals surface area (Å²) in [4.78, 5) is 2.21. The second kappa shape index (κ2) is 13.4. The molecule has 2 fully saturated rings. The van der Waals surface area contributed by atoms with Crippen LogP contribution in [0.1, 0.15) is 0 Å². The van der Waals surface area contributed by atoms with Crippen LogP contribution in [0.15, 0.2) is 65.8 Å². The van der Waals surface area contributed by atoms with Crippen LogP contribution < -0.4 is 0 Å². The average Bonchev–Trinajstić information content (AvgIpc) is 2.84. The molecule has 4 rings (SSSR count). The predicted octanol–water partition coefficient (Wildman–Crippen LogP) is 1.04. The van der Waals surface area contributed by atoms with E-state index in [2.05, 4.69) is 0 Å². The molecule has 15 heteroatoms. The van der Waals surface area contributed by atoms with Crippen molar-refractivity contribution in [3.8, 4) is 0 Å². The third kappa shape index (κ3) is 7.77. The molecule has 2 heterocycles. The van der Waals surface area contributed by atoms with Gasteiger partial charge in [-0.1, -0.05) is 24.3 Å². The van der Waals surface area contributed by atoms with Crippen LogP contribution in [0.3, 0.4) is 0 Å². The summed E-state index contributed by atoms with van der Waals surface area (Å²) in [5.41, 5.74) is 0. The summed E-state index contributed by atoms with van der Waals surface area (Å²) in [6.45, 7) is 3.24. The molecule has 2 aliphatic rings. The quantitative estimate of drug-likeness (QED) is 0.358. The first-order chi connectivity index (χ1) is 16.0. The number of sulfonamides is 2. The van der Waals surface area contributed by atoms with Crippen molar-refractivity contribution in [1.82, 2.24) is 8.61 Å². The largest absolute Gasteiger partial charge is 0.781 e. The molecule has 2 aliphatic heterocycles. The van der Waals surface area contributed by atoms with Gasteiger partial charge in [0.1, 0.15) is 0 Å². The van der Waals surface area contributed by atoms with Crippen LogP contribution in [0.4, 0.5) is 0 Å². The van der Waals surface area contributed by atoms with Gasteiger partial charge in [0.2, 0.25) is 20.0 Å². The van der Waals surface area contributed by atoms with Gasteiger partial charge in [-0.2, -0.15) is 28.2 Å². The first kappa shape index (κ1) is 30.8. The Morgan fingerprint density at radius 2 is 0.886 bits per heavy atom. The van der Waals surface area contributed by atoms with Crippen LogP contribution in [0.25, 0.3) is 0 Å². The first-order valence-corrected chi connectivity index (χ1v) is 14.7. The van der Waals surface area contributed by atoms with Crippen LogP contribution in [0, 0.1) is 0 Å². The predicted molar refractivity (Wildman–Crippen MR) is 135 cm³/mol. The number of hydrogen-bond donors (Lipinski definition) is 0. The minimum atomic E-state index is -3.46. The molecule has 0 aromatic heterocycles. The van der Waals surface area contributed by atoms with E-state index in [1.54, 1.807) is 12.1 Å². The van der Waals surface area contributed by atoms with E-state index in [0.29, 0.717) is 72.2 Å². The van der Waals surface area contributed by atoms with Crippen molar-refractivity contribution in [2.45, 2.75) is 29.4 Å². The molecule has 8 nitrogen and oxygen atoms in total. The van der Waals surface area contributed by atoms with Crippen LogP contribution in [0.2, 0.25) is 0 Å². The average molecular weight is 637 g/mol. The van der Waals surface area contributed by atoms with Gasteiger partial charge in [0.25, 0.3) is 0 Å². The van der Waals surface area contributed by atoms with Gasteiger partial charge in [-0.25, -0.2) is 16.8 Å². The molecule has 0 radical (unpaired) electrons. The number of rotatable bonds is 4. The van der Waals surface area contributed by atoms with Crippen molar-refractivity contribution in [1.29, 1.82) is 0 Å². The molecule has 0 atom stereocenters. The molecule has 0 N–H and O–H groups in total. The Bertz CT molecular complexity index is 1120. The van der Waals surface area contributed by atoms with Gasteiger partial charge in [-0.3, -0.25) is 0 Å². The van der Waals surface area contributed by atoms with Crippen LogP contribution in [-0.2, 0) is 96.5 Å². The van der Waals surface area contributed by atoms with Crippen LogP contribution in [-0.4, -0.2) is 78.1 Å². The molecule has 0 aliphatic carbocycles. The summed E-state index contributed by atoms with van der Waals surface area (Å²) in [5, 5.41) is 0. The molecule has 198 valence electrons. The zero-order valence-corrected chi connectivity index (χ0v) is 24.1. The van der Waals surface area contributed by atoms with Crippen molar-refractivity contribution < 1.29 is 42.8 Å². The maximum atomic E-state index is 12.2. The number of hydrogen-bond acceptors (Lipinski definition) is 10. The van der Waals surface area contributed by atoms with Crippen molar-refractivity contribution in [2.75, 3.05) is 52.6 Å². The van der Waals surface area contributed by atoms with Crippen molar-refractivity contribution in [2.24, 2.45) is 0 Å². The topological polar surface area (TPSA) is 93.2 Å². The number of morpholine rings is 2. The number of benzene rings is 2.